The molecule has 1 aromatic carbocycles. The Morgan fingerprint density at radius 3 is 2.54 bits per heavy atom. The van der Waals surface area contributed by atoms with E-state index < -0.39 is 5.92 Å². The van der Waals surface area contributed by atoms with Crippen molar-refractivity contribution in [2.75, 3.05) is 20.2 Å². The number of ether oxygens (including phenoxy) is 1. The van der Waals surface area contributed by atoms with Crippen molar-refractivity contribution in [1.82, 2.24) is 14.7 Å². The summed E-state index contributed by atoms with van der Waals surface area (Å²) in [6, 6.07) is 6.04. The maximum Gasteiger partial charge on any atom is 0.311 e. The maximum atomic E-state index is 13.2. The van der Waals surface area contributed by atoms with Crippen LogP contribution in [0.5, 0.6) is 0 Å². The molecule has 2 atom stereocenters. The first-order valence-electron chi connectivity index (χ1n) is 8.61. The van der Waals surface area contributed by atoms with E-state index in [0.29, 0.717) is 24.3 Å². The Morgan fingerprint density at radius 2 is 1.96 bits per heavy atom. The second-order valence-electron chi connectivity index (χ2n) is 6.48. The van der Waals surface area contributed by atoms with Gasteiger partial charge in [-0.15, -0.1) is 0 Å². The lowest BCUT2D eigenvalue weighted by Gasteiger charge is -2.16. The molecule has 2 heterocycles. The third kappa shape index (κ3) is 3.34. The van der Waals surface area contributed by atoms with Crippen molar-refractivity contribution in [3.8, 4) is 0 Å². The molecule has 26 heavy (non-hydrogen) atoms. The summed E-state index contributed by atoms with van der Waals surface area (Å²) < 4.78 is 19.9. The molecule has 1 saturated heterocycles. The zero-order chi connectivity index (χ0) is 18.8. The molecule has 1 amide bonds. The summed E-state index contributed by atoms with van der Waals surface area (Å²) in [4.78, 5) is 26.8. The van der Waals surface area contributed by atoms with Gasteiger partial charge in [0.05, 0.1) is 24.3 Å². The molecule has 1 aromatic heterocycles. The third-order valence-electron chi connectivity index (χ3n) is 4.91. The van der Waals surface area contributed by atoms with Gasteiger partial charge in [0, 0.05) is 31.7 Å². The van der Waals surface area contributed by atoms with Gasteiger partial charge in [-0.25, -0.2) is 4.39 Å². The van der Waals surface area contributed by atoms with Gasteiger partial charge in [0.25, 0.3) is 5.91 Å². The van der Waals surface area contributed by atoms with Crippen molar-refractivity contribution < 1.29 is 18.7 Å². The number of carbonyl (C=O) groups excluding carboxylic acids is 2. The quantitative estimate of drug-likeness (QED) is 0.787. The summed E-state index contributed by atoms with van der Waals surface area (Å²) in [5.41, 5.74) is 2.02. The average molecular weight is 359 g/mol. The molecule has 0 radical (unpaired) electrons. The van der Waals surface area contributed by atoms with Crippen molar-refractivity contribution >= 4 is 11.9 Å². The Morgan fingerprint density at radius 1 is 1.27 bits per heavy atom. The number of carbonyl (C=O) groups is 2. The Labute approximate surface area is 151 Å². The number of hydrogen-bond donors (Lipinski definition) is 0. The highest BCUT2D eigenvalue weighted by molar-refractivity contribution is 5.95. The summed E-state index contributed by atoms with van der Waals surface area (Å²) >= 11 is 0. The number of rotatable bonds is 4. The number of nitrogens with zero attached hydrogens (tertiary/aromatic N) is 3. The molecule has 138 valence electrons. The van der Waals surface area contributed by atoms with E-state index in [-0.39, 0.29) is 30.2 Å². The van der Waals surface area contributed by atoms with Gasteiger partial charge < -0.3 is 9.64 Å². The van der Waals surface area contributed by atoms with Crippen LogP contribution in [0.4, 0.5) is 4.39 Å². The Balaban J connectivity index is 1.87. The van der Waals surface area contributed by atoms with Crippen LogP contribution in [-0.4, -0.2) is 46.8 Å². The second kappa shape index (κ2) is 7.27. The molecule has 6 nitrogen and oxygen atoms in total. The third-order valence-corrected chi connectivity index (χ3v) is 4.91. The number of likely N-dealkylation sites (tertiary alicyclic amines) is 1. The van der Waals surface area contributed by atoms with Gasteiger partial charge in [-0.2, -0.15) is 5.10 Å². The van der Waals surface area contributed by atoms with Crippen LogP contribution in [0.15, 0.2) is 30.5 Å². The molecule has 0 saturated carbocycles. The number of aromatic nitrogens is 2. The number of esters is 1. The minimum absolute atomic E-state index is 0.152. The van der Waals surface area contributed by atoms with Crippen molar-refractivity contribution in [3.05, 3.63) is 53.1 Å². The van der Waals surface area contributed by atoms with Crippen LogP contribution in [0.1, 0.15) is 34.5 Å². The summed E-state index contributed by atoms with van der Waals surface area (Å²) in [6.07, 6.45) is 1.73. The highest BCUT2D eigenvalue weighted by Crippen LogP contribution is 2.34. The van der Waals surface area contributed by atoms with E-state index in [2.05, 4.69) is 5.10 Å². The minimum atomic E-state index is -0.476. The highest BCUT2D eigenvalue weighted by atomic mass is 19.1. The van der Waals surface area contributed by atoms with Crippen LogP contribution < -0.4 is 0 Å². The molecule has 0 unspecified atom stereocenters. The molecule has 0 bridgehead atoms. The number of aryl methyl sites for hydroxylation is 2. The SMILES string of the molecule is CCn1cc(C(=O)N2C[C@H](C(=O)OC)[C@@H](c3ccc(F)cc3)C2)c(C)n1. The number of methoxy groups -OCH3 is 1. The van der Waals surface area contributed by atoms with Crippen LogP contribution in [0, 0.1) is 18.7 Å². The fraction of sp³-hybridized carbons (Fsp3) is 0.421. The molecule has 0 N–H and O–H groups in total. The fourth-order valence-corrected chi connectivity index (χ4v) is 3.47. The lowest BCUT2D eigenvalue weighted by Crippen LogP contribution is -2.30. The summed E-state index contributed by atoms with van der Waals surface area (Å²) in [5.74, 6) is -1.56. The highest BCUT2D eigenvalue weighted by Gasteiger charge is 2.41. The fourth-order valence-electron chi connectivity index (χ4n) is 3.47. The Hall–Kier alpha value is -2.70. The van der Waals surface area contributed by atoms with Crippen LogP contribution in [0.25, 0.3) is 0 Å². The topological polar surface area (TPSA) is 64.4 Å². The van der Waals surface area contributed by atoms with Gasteiger partial charge >= 0.3 is 5.97 Å². The van der Waals surface area contributed by atoms with Gasteiger partial charge in [-0.05, 0) is 31.5 Å². The van der Waals surface area contributed by atoms with Gasteiger partial charge in [-0.1, -0.05) is 12.1 Å². The van der Waals surface area contributed by atoms with Crippen molar-refractivity contribution in [1.29, 1.82) is 0 Å². The van der Waals surface area contributed by atoms with Crippen LogP contribution >= 0.6 is 0 Å². The lowest BCUT2D eigenvalue weighted by molar-refractivity contribution is -0.145. The Bertz CT molecular complexity index is 816. The zero-order valence-electron chi connectivity index (χ0n) is 15.1. The molecular weight excluding hydrogens is 337 g/mol. The van der Waals surface area contributed by atoms with E-state index in [1.54, 1.807) is 34.8 Å². The lowest BCUT2D eigenvalue weighted by atomic mass is 9.89. The maximum absolute atomic E-state index is 13.2. The van der Waals surface area contributed by atoms with Gasteiger partial charge in [0.2, 0.25) is 0 Å². The van der Waals surface area contributed by atoms with Crippen LogP contribution in [0.2, 0.25) is 0 Å². The number of halogens is 1. The van der Waals surface area contributed by atoms with Crippen molar-refractivity contribution in [2.45, 2.75) is 26.3 Å². The predicted octanol–water partition coefficient (Wildman–Crippen LogP) is 2.38. The smallest absolute Gasteiger partial charge is 0.311 e. The summed E-state index contributed by atoms with van der Waals surface area (Å²) in [7, 11) is 1.34. The first-order valence-corrected chi connectivity index (χ1v) is 8.61. The number of hydrogen-bond acceptors (Lipinski definition) is 4. The van der Waals surface area contributed by atoms with E-state index in [9.17, 15) is 14.0 Å². The summed E-state index contributed by atoms with van der Waals surface area (Å²) in [6.45, 7) is 5.07. The first kappa shape index (κ1) is 18.1. The minimum Gasteiger partial charge on any atom is -0.469 e. The number of amides is 1. The molecule has 1 aliphatic rings. The molecule has 3 rings (SSSR count). The molecule has 0 spiro atoms. The van der Waals surface area contributed by atoms with E-state index in [0.717, 1.165) is 5.56 Å². The summed E-state index contributed by atoms with van der Waals surface area (Å²) in [5, 5.41) is 4.31. The number of benzene rings is 1. The van der Waals surface area contributed by atoms with Gasteiger partial charge in [0.15, 0.2) is 0 Å². The van der Waals surface area contributed by atoms with Gasteiger partial charge in [-0.3, -0.25) is 14.3 Å². The molecule has 7 heteroatoms. The molecule has 2 aromatic rings. The van der Waals surface area contributed by atoms with Crippen molar-refractivity contribution in [3.63, 3.8) is 0 Å². The second-order valence-corrected chi connectivity index (χ2v) is 6.48. The largest absolute Gasteiger partial charge is 0.469 e. The Kier molecular flexibility index (Phi) is 5.06. The molecular formula is C19H22FN3O3. The van der Waals surface area contributed by atoms with E-state index in [1.165, 1.54) is 19.2 Å². The standard InChI is InChI=1S/C19H22FN3O3/c1-4-23-11-15(12(2)21-23)18(24)22-9-16(17(10-22)19(25)26-3)13-5-7-14(20)8-6-13/h5-8,11,16-17H,4,9-10H2,1-3H3/t16-,17+/m1/s1. The predicted molar refractivity (Wildman–Crippen MR) is 93.2 cm³/mol. The van der Waals surface area contributed by atoms with E-state index >= 15 is 0 Å². The van der Waals surface area contributed by atoms with E-state index in [1.807, 2.05) is 6.92 Å². The van der Waals surface area contributed by atoms with Crippen molar-refractivity contribution in [2.24, 2.45) is 5.92 Å². The van der Waals surface area contributed by atoms with E-state index in [4.69, 9.17) is 4.74 Å². The average Bonchev–Trinajstić information content (AvgIpc) is 3.25. The monoisotopic (exact) mass is 359 g/mol. The van der Waals surface area contributed by atoms with Crippen LogP contribution in [-0.2, 0) is 16.1 Å². The zero-order valence-corrected chi connectivity index (χ0v) is 15.1. The van der Waals surface area contributed by atoms with Gasteiger partial charge in [0.1, 0.15) is 5.82 Å². The molecule has 0 aliphatic carbocycles. The first-order chi connectivity index (χ1) is 12.4. The molecule has 1 fully saturated rings. The molecule has 1 aliphatic heterocycles. The van der Waals surface area contributed by atoms with Crippen LogP contribution in [0.3, 0.4) is 0 Å². The normalized spacial score (nSPS) is 19.6.